The van der Waals surface area contributed by atoms with E-state index in [1.54, 1.807) is 6.07 Å². The Labute approximate surface area is 101 Å². The lowest BCUT2D eigenvalue weighted by Gasteiger charge is -1.94. The number of benzene rings is 1. The lowest BCUT2D eigenvalue weighted by Crippen LogP contribution is -2.11. The second-order valence-corrected chi connectivity index (χ2v) is 3.68. The molecule has 0 aliphatic carbocycles. The summed E-state index contributed by atoms with van der Waals surface area (Å²) in [5.41, 5.74) is 1.65. The summed E-state index contributed by atoms with van der Waals surface area (Å²) in [6, 6.07) is 11.3. The van der Waals surface area contributed by atoms with E-state index in [2.05, 4.69) is 26.4 Å². The normalized spacial score (nSPS) is 10.1. The molecule has 2 aromatic rings. The standard InChI is InChI=1S/C11H9BrN2O2/c12-7-10(15)13-11-6-9(14-16-11)8-4-2-1-3-5-8/h1-6H,7H2,(H,13,15). The van der Waals surface area contributed by atoms with Crippen LogP contribution in [0, 0.1) is 0 Å². The summed E-state index contributed by atoms with van der Waals surface area (Å²) in [4.78, 5) is 11.1. The monoisotopic (exact) mass is 280 g/mol. The van der Waals surface area contributed by atoms with E-state index in [0.29, 0.717) is 11.6 Å². The van der Waals surface area contributed by atoms with Crippen molar-refractivity contribution in [3.63, 3.8) is 0 Å². The number of amides is 1. The second-order valence-electron chi connectivity index (χ2n) is 3.12. The van der Waals surface area contributed by atoms with Gasteiger partial charge >= 0.3 is 0 Å². The van der Waals surface area contributed by atoms with E-state index in [9.17, 15) is 4.79 Å². The van der Waals surface area contributed by atoms with Gasteiger partial charge in [-0.25, -0.2) is 0 Å². The van der Waals surface area contributed by atoms with Gasteiger partial charge < -0.3 is 4.52 Å². The van der Waals surface area contributed by atoms with Gasteiger partial charge in [0.05, 0.1) is 5.33 Å². The number of nitrogens with one attached hydrogen (secondary N) is 1. The van der Waals surface area contributed by atoms with Gasteiger partial charge in [-0.05, 0) is 0 Å². The van der Waals surface area contributed by atoms with E-state index >= 15 is 0 Å². The minimum Gasteiger partial charge on any atom is -0.338 e. The van der Waals surface area contributed by atoms with Crippen LogP contribution in [0.5, 0.6) is 0 Å². The van der Waals surface area contributed by atoms with Crippen LogP contribution in [-0.4, -0.2) is 16.4 Å². The maximum absolute atomic E-state index is 11.1. The lowest BCUT2D eigenvalue weighted by atomic mass is 10.2. The van der Waals surface area contributed by atoms with Crippen molar-refractivity contribution in [1.29, 1.82) is 0 Å². The lowest BCUT2D eigenvalue weighted by molar-refractivity contribution is -0.113. The first-order chi connectivity index (χ1) is 7.79. The summed E-state index contributed by atoms with van der Waals surface area (Å²) >= 11 is 3.05. The van der Waals surface area contributed by atoms with Gasteiger partial charge in [-0.15, -0.1) is 0 Å². The van der Waals surface area contributed by atoms with Gasteiger partial charge in [-0.3, -0.25) is 10.1 Å². The molecule has 0 unspecified atom stereocenters. The average molecular weight is 281 g/mol. The molecule has 1 aromatic heterocycles. The van der Waals surface area contributed by atoms with Crippen LogP contribution in [0.15, 0.2) is 40.9 Å². The van der Waals surface area contributed by atoms with Crippen molar-refractivity contribution in [2.75, 3.05) is 10.6 Å². The number of hydrogen-bond acceptors (Lipinski definition) is 3. The zero-order valence-corrected chi connectivity index (χ0v) is 9.90. The van der Waals surface area contributed by atoms with Crippen molar-refractivity contribution in [2.24, 2.45) is 0 Å². The molecule has 4 nitrogen and oxygen atoms in total. The third-order valence-corrected chi connectivity index (χ3v) is 2.47. The molecule has 1 N–H and O–H groups in total. The number of rotatable bonds is 3. The SMILES string of the molecule is O=C(CBr)Nc1cc(-c2ccccc2)no1. The van der Waals surface area contributed by atoms with Crippen LogP contribution >= 0.6 is 15.9 Å². The fourth-order valence-corrected chi connectivity index (χ4v) is 1.39. The summed E-state index contributed by atoms with van der Waals surface area (Å²) in [6.07, 6.45) is 0. The molecule has 1 amide bonds. The Morgan fingerprint density at radius 1 is 1.38 bits per heavy atom. The van der Waals surface area contributed by atoms with Crippen LogP contribution in [0.25, 0.3) is 11.3 Å². The van der Waals surface area contributed by atoms with Crippen LogP contribution in [-0.2, 0) is 4.79 Å². The number of hydrogen-bond donors (Lipinski definition) is 1. The Morgan fingerprint density at radius 2 is 2.12 bits per heavy atom. The summed E-state index contributed by atoms with van der Waals surface area (Å²) in [5, 5.41) is 6.67. The average Bonchev–Trinajstić information content (AvgIpc) is 2.78. The minimum atomic E-state index is -0.171. The molecule has 0 saturated heterocycles. The molecule has 0 radical (unpaired) electrons. The molecule has 0 spiro atoms. The number of carbonyl (C=O) groups excluding carboxylic acids is 1. The molecule has 0 saturated carbocycles. The van der Waals surface area contributed by atoms with Crippen LogP contribution in [0.2, 0.25) is 0 Å². The largest absolute Gasteiger partial charge is 0.338 e. The number of carbonyl (C=O) groups is 1. The van der Waals surface area contributed by atoms with E-state index in [1.165, 1.54) is 0 Å². The fourth-order valence-electron chi connectivity index (χ4n) is 1.25. The highest BCUT2D eigenvalue weighted by atomic mass is 79.9. The third kappa shape index (κ3) is 2.49. The molecule has 0 aliphatic rings. The van der Waals surface area contributed by atoms with E-state index in [0.717, 1.165) is 5.56 Å². The van der Waals surface area contributed by atoms with Crippen molar-refractivity contribution >= 4 is 27.7 Å². The maximum atomic E-state index is 11.1. The second kappa shape index (κ2) is 4.94. The van der Waals surface area contributed by atoms with Crippen molar-refractivity contribution in [3.05, 3.63) is 36.4 Å². The molecule has 5 heteroatoms. The first kappa shape index (κ1) is 10.9. The molecule has 16 heavy (non-hydrogen) atoms. The zero-order valence-electron chi connectivity index (χ0n) is 8.31. The highest BCUT2D eigenvalue weighted by Gasteiger charge is 2.07. The number of aromatic nitrogens is 1. The van der Waals surface area contributed by atoms with Crippen LogP contribution < -0.4 is 5.32 Å². The molecule has 0 fully saturated rings. The molecule has 1 heterocycles. The van der Waals surface area contributed by atoms with Gasteiger partial charge in [0.2, 0.25) is 11.8 Å². The molecule has 0 atom stereocenters. The molecule has 1 aromatic carbocycles. The predicted molar refractivity (Wildman–Crippen MR) is 64.4 cm³/mol. The Balaban J connectivity index is 2.17. The number of anilines is 1. The zero-order chi connectivity index (χ0) is 11.4. The number of halogens is 1. The highest BCUT2D eigenvalue weighted by Crippen LogP contribution is 2.21. The van der Waals surface area contributed by atoms with Gasteiger partial charge in [0, 0.05) is 11.6 Å². The smallest absolute Gasteiger partial charge is 0.237 e. The third-order valence-electron chi connectivity index (χ3n) is 1.96. The van der Waals surface area contributed by atoms with Gasteiger partial charge in [0.25, 0.3) is 0 Å². The van der Waals surface area contributed by atoms with Crippen molar-refractivity contribution in [2.45, 2.75) is 0 Å². The van der Waals surface area contributed by atoms with Gasteiger partial charge in [0.1, 0.15) is 5.69 Å². The van der Waals surface area contributed by atoms with Crippen LogP contribution in [0.1, 0.15) is 0 Å². The van der Waals surface area contributed by atoms with Gasteiger partial charge in [0.15, 0.2) is 0 Å². The summed E-state index contributed by atoms with van der Waals surface area (Å²) < 4.78 is 4.99. The van der Waals surface area contributed by atoms with E-state index in [4.69, 9.17) is 4.52 Å². The Kier molecular flexibility index (Phi) is 3.36. The topological polar surface area (TPSA) is 55.1 Å². The first-order valence-electron chi connectivity index (χ1n) is 4.67. The molecular weight excluding hydrogens is 272 g/mol. The Bertz CT molecular complexity index is 482. The molecule has 0 bridgehead atoms. The Hall–Kier alpha value is -1.62. The quantitative estimate of drug-likeness (QED) is 0.880. The predicted octanol–water partition coefficient (Wildman–Crippen LogP) is 2.68. The first-order valence-corrected chi connectivity index (χ1v) is 5.79. The molecule has 0 aliphatic heterocycles. The van der Waals surface area contributed by atoms with Gasteiger partial charge in [-0.2, -0.15) is 0 Å². The maximum Gasteiger partial charge on any atom is 0.237 e. The van der Waals surface area contributed by atoms with E-state index in [1.807, 2.05) is 30.3 Å². The minimum absolute atomic E-state index is 0.171. The van der Waals surface area contributed by atoms with E-state index in [-0.39, 0.29) is 11.2 Å². The summed E-state index contributed by atoms with van der Waals surface area (Å²) in [5.74, 6) is 0.180. The van der Waals surface area contributed by atoms with Crippen LogP contribution in [0.4, 0.5) is 5.88 Å². The highest BCUT2D eigenvalue weighted by molar-refractivity contribution is 9.09. The van der Waals surface area contributed by atoms with Crippen molar-refractivity contribution < 1.29 is 9.32 Å². The number of nitrogens with zero attached hydrogens (tertiary/aromatic N) is 1. The van der Waals surface area contributed by atoms with Crippen molar-refractivity contribution in [1.82, 2.24) is 5.16 Å². The van der Waals surface area contributed by atoms with E-state index < -0.39 is 0 Å². The summed E-state index contributed by atoms with van der Waals surface area (Å²) in [7, 11) is 0. The Morgan fingerprint density at radius 3 is 2.81 bits per heavy atom. The molecule has 2 rings (SSSR count). The molecule has 82 valence electrons. The van der Waals surface area contributed by atoms with Crippen molar-refractivity contribution in [3.8, 4) is 11.3 Å². The number of alkyl halides is 1. The fraction of sp³-hybridized carbons (Fsp3) is 0.0909. The van der Waals surface area contributed by atoms with Crippen LogP contribution in [0.3, 0.4) is 0 Å². The molecular formula is C11H9BrN2O2. The van der Waals surface area contributed by atoms with Gasteiger partial charge in [-0.1, -0.05) is 51.4 Å². The summed E-state index contributed by atoms with van der Waals surface area (Å²) in [6.45, 7) is 0.